The van der Waals surface area contributed by atoms with E-state index in [9.17, 15) is 14.4 Å². The van der Waals surface area contributed by atoms with Crippen molar-refractivity contribution >= 4 is 57.1 Å². The van der Waals surface area contributed by atoms with Crippen LogP contribution in [0.15, 0.2) is 28.2 Å². The molecule has 2 amide bonds. The lowest BCUT2D eigenvalue weighted by Crippen LogP contribution is -2.52. The maximum atomic E-state index is 12.1. The number of ether oxygens (including phenoxy) is 2. The van der Waals surface area contributed by atoms with E-state index < -0.39 is 17.8 Å². The monoisotopic (exact) mass is 412 g/mol. The zero-order valence-corrected chi connectivity index (χ0v) is 15.2. The molecule has 1 aliphatic rings. The second kappa shape index (κ2) is 7.54. The molecule has 9 heteroatoms. The standard InChI is InChI=1S/C15H13BrN2O5S/c1-18-14(21)9(13(20)17-15(18)24)5-8-3-4-11(10(16)6-8)23-7-12(19)22-2/h3-6H,7H2,1-2H3,(H,17,20,24)/b9-5+. The second-order valence-corrected chi connectivity index (χ2v) is 5.98. The van der Waals surface area contributed by atoms with Crippen molar-refractivity contribution in [3.05, 3.63) is 33.8 Å². The summed E-state index contributed by atoms with van der Waals surface area (Å²) in [6.07, 6.45) is 1.45. The summed E-state index contributed by atoms with van der Waals surface area (Å²) in [6, 6.07) is 4.92. The average molecular weight is 413 g/mol. The van der Waals surface area contributed by atoms with Crippen LogP contribution in [0.5, 0.6) is 5.75 Å². The Hall–Kier alpha value is -2.26. The predicted octanol–water partition coefficient (Wildman–Crippen LogP) is 1.26. The fraction of sp³-hybridized carbons (Fsp3) is 0.200. The van der Waals surface area contributed by atoms with Crippen LogP contribution < -0.4 is 10.1 Å². The Bertz CT molecular complexity index is 762. The van der Waals surface area contributed by atoms with Crippen molar-refractivity contribution < 1.29 is 23.9 Å². The van der Waals surface area contributed by atoms with Crippen LogP contribution in [0.4, 0.5) is 0 Å². The van der Waals surface area contributed by atoms with E-state index in [0.29, 0.717) is 15.8 Å². The lowest BCUT2D eigenvalue weighted by atomic mass is 10.1. The Labute approximate surface area is 151 Å². The maximum Gasteiger partial charge on any atom is 0.343 e. The third-order valence-electron chi connectivity index (χ3n) is 3.14. The SMILES string of the molecule is COC(=O)COc1ccc(/C=C2\C(=O)NC(=S)N(C)C2=O)cc1Br. The van der Waals surface area contributed by atoms with Crippen LogP contribution in [0.2, 0.25) is 0 Å². The van der Waals surface area contributed by atoms with Crippen molar-refractivity contribution in [1.82, 2.24) is 10.2 Å². The Morgan fingerprint density at radius 3 is 2.75 bits per heavy atom. The number of hydrogen-bond acceptors (Lipinski definition) is 6. The van der Waals surface area contributed by atoms with E-state index in [1.54, 1.807) is 18.2 Å². The number of esters is 1. The van der Waals surface area contributed by atoms with Gasteiger partial charge in [-0.2, -0.15) is 0 Å². The van der Waals surface area contributed by atoms with E-state index >= 15 is 0 Å². The van der Waals surface area contributed by atoms with Gasteiger partial charge in [-0.3, -0.25) is 19.8 Å². The van der Waals surface area contributed by atoms with Gasteiger partial charge in [0, 0.05) is 7.05 Å². The average Bonchev–Trinajstić information content (AvgIpc) is 2.55. The molecule has 1 aliphatic heterocycles. The number of benzene rings is 1. The van der Waals surface area contributed by atoms with Crippen molar-refractivity contribution in [1.29, 1.82) is 0 Å². The summed E-state index contributed by atoms with van der Waals surface area (Å²) in [6.45, 7) is -0.224. The number of thiocarbonyl (C=S) groups is 1. The molecule has 0 atom stereocenters. The molecular formula is C15H13BrN2O5S. The van der Waals surface area contributed by atoms with E-state index in [2.05, 4.69) is 26.0 Å². The van der Waals surface area contributed by atoms with Gasteiger partial charge in [0.15, 0.2) is 11.7 Å². The van der Waals surface area contributed by atoms with Gasteiger partial charge in [0.25, 0.3) is 11.8 Å². The number of rotatable bonds is 4. The molecule has 1 heterocycles. The molecular weight excluding hydrogens is 400 g/mol. The Morgan fingerprint density at radius 1 is 1.42 bits per heavy atom. The molecule has 1 aromatic rings. The number of carbonyl (C=O) groups excluding carboxylic acids is 3. The first-order chi connectivity index (χ1) is 11.3. The topological polar surface area (TPSA) is 84.9 Å². The first kappa shape index (κ1) is 18.1. The third-order valence-corrected chi connectivity index (χ3v) is 4.14. The van der Waals surface area contributed by atoms with Crippen LogP contribution in [-0.2, 0) is 19.1 Å². The molecule has 0 spiro atoms. The van der Waals surface area contributed by atoms with Gasteiger partial charge in [-0.15, -0.1) is 0 Å². The van der Waals surface area contributed by atoms with Gasteiger partial charge >= 0.3 is 5.97 Å². The molecule has 1 fully saturated rings. The number of halogens is 1. The molecule has 1 aromatic carbocycles. The number of likely N-dealkylation sites (N-methyl/N-ethyl adjacent to an activating group) is 1. The molecule has 126 valence electrons. The molecule has 0 radical (unpaired) electrons. The molecule has 7 nitrogen and oxygen atoms in total. The van der Waals surface area contributed by atoms with E-state index in [-0.39, 0.29) is 17.3 Å². The van der Waals surface area contributed by atoms with Crippen molar-refractivity contribution in [2.24, 2.45) is 0 Å². The van der Waals surface area contributed by atoms with Gasteiger partial charge in [0.2, 0.25) is 0 Å². The maximum absolute atomic E-state index is 12.1. The summed E-state index contributed by atoms with van der Waals surface area (Å²) >= 11 is 8.19. The van der Waals surface area contributed by atoms with Gasteiger partial charge in [-0.1, -0.05) is 6.07 Å². The normalized spacial score (nSPS) is 16.2. The van der Waals surface area contributed by atoms with Crippen molar-refractivity contribution in [2.75, 3.05) is 20.8 Å². The lowest BCUT2D eigenvalue weighted by molar-refractivity contribution is -0.143. The van der Waals surface area contributed by atoms with Gasteiger partial charge < -0.3 is 9.47 Å². The summed E-state index contributed by atoms with van der Waals surface area (Å²) in [5.41, 5.74) is 0.577. The Morgan fingerprint density at radius 2 is 2.12 bits per heavy atom. The lowest BCUT2D eigenvalue weighted by Gasteiger charge is -2.25. The summed E-state index contributed by atoms with van der Waals surface area (Å²) in [5.74, 6) is -1.10. The fourth-order valence-corrected chi connectivity index (χ4v) is 2.52. The van der Waals surface area contributed by atoms with E-state index in [1.165, 1.54) is 25.1 Å². The Balaban J connectivity index is 2.22. The highest BCUT2D eigenvalue weighted by Crippen LogP contribution is 2.27. The van der Waals surface area contributed by atoms with E-state index in [1.807, 2.05) is 0 Å². The molecule has 0 aliphatic carbocycles. The second-order valence-electron chi connectivity index (χ2n) is 4.74. The van der Waals surface area contributed by atoms with Crippen LogP contribution in [-0.4, -0.2) is 48.6 Å². The summed E-state index contributed by atoms with van der Waals surface area (Å²) in [5, 5.41) is 2.50. The zero-order chi connectivity index (χ0) is 17.9. The zero-order valence-electron chi connectivity index (χ0n) is 12.8. The minimum atomic E-state index is -0.551. The molecule has 1 saturated heterocycles. The van der Waals surface area contributed by atoms with Crippen molar-refractivity contribution in [2.45, 2.75) is 0 Å². The number of carbonyl (C=O) groups is 3. The smallest absolute Gasteiger partial charge is 0.343 e. The molecule has 1 N–H and O–H groups in total. The Kier molecular flexibility index (Phi) is 5.68. The fourth-order valence-electron chi connectivity index (χ4n) is 1.83. The summed E-state index contributed by atoms with van der Waals surface area (Å²) in [7, 11) is 2.75. The molecule has 0 aromatic heterocycles. The van der Waals surface area contributed by atoms with Crippen molar-refractivity contribution in [3.8, 4) is 5.75 Å². The van der Waals surface area contributed by atoms with E-state index in [0.717, 1.165) is 0 Å². The van der Waals surface area contributed by atoms with E-state index in [4.69, 9.17) is 17.0 Å². The van der Waals surface area contributed by atoms with Gasteiger partial charge in [0.05, 0.1) is 11.6 Å². The minimum absolute atomic E-state index is 0.0266. The molecule has 0 saturated carbocycles. The quantitative estimate of drug-likeness (QED) is 0.346. The molecule has 2 rings (SSSR count). The number of methoxy groups -OCH3 is 1. The predicted molar refractivity (Wildman–Crippen MR) is 93.1 cm³/mol. The van der Waals surface area contributed by atoms with Crippen LogP contribution in [0.3, 0.4) is 0 Å². The number of amides is 2. The van der Waals surface area contributed by atoms with Crippen molar-refractivity contribution in [3.63, 3.8) is 0 Å². The van der Waals surface area contributed by atoms with Gasteiger partial charge in [0.1, 0.15) is 11.3 Å². The highest BCUT2D eigenvalue weighted by molar-refractivity contribution is 9.10. The van der Waals surface area contributed by atoms with Crippen LogP contribution in [0.25, 0.3) is 6.08 Å². The minimum Gasteiger partial charge on any atom is -0.481 e. The highest BCUT2D eigenvalue weighted by atomic mass is 79.9. The first-order valence-corrected chi connectivity index (χ1v) is 7.88. The van der Waals surface area contributed by atoms with Gasteiger partial charge in [-0.05, 0) is 51.9 Å². The molecule has 0 unspecified atom stereocenters. The molecule has 0 bridgehead atoms. The van der Waals surface area contributed by atoms with Crippen LogP contribution in [0.1, 0.15) is 5.56 Å². The summed E-state index contributed by atoms with van der Waals surface area (Å²) < 4.78 is 10.3. The van der Waals surface area contributed by atoms with Crippen LogP contribution in [0, 0.1) is 0 Å². The number of hydrogen-bond donors (Lipinski definition) is 1. The highest BCUT2D eigenvalue weighted by Gasteiger charge is 2.30. The number of nitrogens with one attached hydrogen (secondary N) is 1. The molecule has 24 heavy (non-hydrogen) atoms. The largest absolute Gasteiger partial charge is 0.481 e. The third kappa shape index (κ3) is 3.98. The van der Waals surface area contributed by atoms with Gasteiger partial charge in [-0.25, -0.2) is 4.79 Å². The summed E-state index contributed by atoms with van der Waals surface area (Å²) in [4.78, 5) is 36.3. The first-order valence-electron chi connectivity index (χ1n) is 6.67. The van der Waals surface area contributed by atoms with Crippen LogP contribution >= 0.6 is 28.1 Å². The number of nitrogens with zero attached hydrogens (tertiary/aromatic N) is 1.